The molecule has 1 aromatic rings. The number of nitrogens with zero attached hydrogens (tertiary/aromatic N) is 2. The van der Waals surface area contributed by atoms with Crippen molar-refractivity contribution in [3.8, 4) is 0 Å². The minimum absolute atomic E-state index is 0.165. The lowest BCUT2D eigenvalue weighted by atomic mass is 9.79. The summed E-state index contributed by atoms with van der Waals surface area (Å²) in [5, 5.41) is 9.92. The third-order valence-electron chi connectivity index (χ3n) is 5.78. The summed E-state index contributed by atoms with van der Waals surface area (Å²) in [5.74, 6) is 0.165. The first-order valence-electron chi connectivity index (χ1n) is 9.56. The van der Waals surface area contributed by atoms with Crippen LogP contribution in [-0.2, 0) is 6.42 Å². The van der Waals surface area contributed by atoms with Crippen LogP contribution in [-0.4, -0.2) is 59.6 Å². The van der Waals surface area contributed by atoms with Crippen LogP contribution in [0.5, 0.6) is 0 Å². The maximum absolute atomic E-state index is 13.0. The highest BCUT2D eigenvalue weighted by molar-refractivity contribution is 5.94. The SMILES string of the molecule is CN1CCC2(CCCN(C(=O)c3cccc(CCC(C)(C)O)c3)C2)C1. The summed E-state index contributed by atoms with van der Waals surface area (Å²) >= 11 is 0. The molecular weight excluding hydrogens is 312 g/mol. The predicted molar refractivity (Wildman–Crippen MR) is 101 cm³/mol. The summed E-state index contributed by atoms with van der Waals surface area (Å²) in [6.45, 7) is 7.68. The average Bonchev–Trinajstić information content (AvgIpc) is 2.92. The number of aliphatic hydroxyl groups is 1. The third-order valence-corrected chi connectivity index (χ3v) is 5.78. The van der Waals surface area contributed by atoms with E-state index in [0.717, 1.165) is 50.1 Å². The van der Waals surface area contributed by atoms with E-state index in [1.54, 1.807) is 0 Å². The van der Waals surface area contributed by atoms with E-state index in [1.165, 1.54) is 12.8 Å². The van der Waals surface area contributed by atoms with Gasteiger partial charge in [-0.25, -0.2) is 0 Å². The monoisotopic (exact) mass is 344 g/mol. The van der Waals surface area contributed by atoms with Crippen LogP contribution in [0.4, 0.5) is 0 Å². The second-order valence-electron chi connectivity index (χ2n) is 8.83. The van der Waals surface area contributed by atoms with Gasteiger partial charge >= 0.3 is 0 Å². The molecule has 0 aliphatic carbocycles. The molecule has 25 heavy (non-hydrogen) atoms. The van der Waals surface area contributed by atoms with Crippen LogP contribution in [0.15, 0.2) is 24.3 Å². The van der Waals surface area contributed by atoms with Crippen LogP contribution in [0, 0.1) is 5.41 Å². The van der Waals surface area contributed by atoms with E-state index in [4.69, 9.17) is 0 Å². The van der Waals surface area contributed by atoms with Crippen LogP contribution in [0.25, 0.3) is 0 Å². The molecule has 3 rings (SSSR count). The molecule has 4 nitrogen and oxygen atoms in total. The van der Waals surface area contributed by atoms with Gasteiger partial charge in [0, 0.05) is 30.6 Å². The number of piperidine rings is 1. The van der Waals surface area contributed by atoms with Crippen LogP contribution in [0.1, 0.15) is 55.5 Å². The Morgan fingerprint density at radius 2 is 2.04 bits per heavy atom. The van der Waals surface area contributed by atoms with Crippen molar-refractivity contribution in [2.24, 2.45) is 5.41 Å². The normalized spacial score (nSPS) is 24.9. The fourth-order valence-electron chi connectivity index (χ4n) is 4.37. The zero-order valence-corrected chi connectivity index (χ0v) is 15.9. The Labute approximate surface area is 151 Å². The number of hydrogen-bond acceptors (Lipinski definition) is 3. The maximum Gasteiger partial charge on any atom is 0.253 e. The van der Waals surface area contributed by atoms with E-state index < -0.39 is 5.60 Å². The van der Waals surface area contributed by atoms with Crippen molar-refractivity contribution in [2.75, 3.05) is 33.2 Å². The molecule has 0 aromatic heterocycles. The van der Waals surface area contributed by atoms with Gasteiger partial charge in [0.15, 0.2) is 0 Å². The summed E-state index contributed by atoms with van der Waals surface area (Å²) in [6, 6.07) is 7.95. The van der Waals surface area contributed by atoms with Crippen LogP contribution in [0.3, 0.4) is 0 Å². The van der Waals surface area contributed by atoms with Gasteiger partial charge < -0.3 is 14.9 Å². The molecule has 4 heteroatoms. The molecule has 2 saturated heterocycles. The van der Waals surface area contributed by atoms with E-state index in [2.05, 4.69) is 16.8 Å². The molecule has 1 atom stereocenters. The zero-order chi connectivity index (χ0) is 18.1. The van der Waals surface area contributed by atoms with Gasteiger partial charge in [-0.05, 0) is 77.2 Å². The molecule has 1 aromatic carbocycles. The van der Waals surface area contributed by atoms with Crippen molar-refractivity contribution < 1.29 is 9.90 Å². The Hall–Kier alpha value is -1.39. The van der Waals surface area contributed by atoms with Crippen molar-refractivity contribution in [3.05, 3.63) is 35.4 Å². The first-order chi connectivity index (χ1) is 11.8. The minimum atomic E-state index is -0.673. The fraction of sp³-hybridized carbons (Fsp3) is 0.667. The van der Waals surface area contributed by atoms with Gasteiger partial charge in [0.1, 0.15) is 0 Å². The molecular formula is C21H32N2O2. The quantitative estimate of drug-likeness (QED) is 0.913. The lowest BCUT2D eigenvalue weighted by Gasteiger charge is -2.40. The fourth-order valence-corrected chi connectivity index (χ4v) is 4.37. The number of aryl methyl sites for hydroxylation is 1. The smallest absolute Gasteiger partial charge is 0.253 e. The molecule has 1 unspecified atom stereocenters. The van der Waals surface area contributed by atoms with Gasteiger partial charge in [-0.15, -0.1) is 0 Å². The highest BCUT2D eigenvalue weighted by Crippen LogP contribution is 2.38. The van der Waals surface area contributed by atoms with Crippen LogP contribution in [0.2, 0.25) is 0 Å². The molecule has 2 aliphatic rings. The van der Waals surface area contributed by atoms with Gasteiger partial charge in [0.2, 0.25) is 0 Å². The summed E-state index contributed by atoms with van der Waals surface area (Å²) in [5.41, 5.74) is 1.55. The third kappa shape index (κ3) is 4.62. The maximum atomic E-state index is 13.0. The molecule has 1 amide bonds. The minimum Gasteiger partial charge on any atom is -0.390 e. The lowest BCUT2D eigenvalue weighted by molar-refractivity contribution is 0.0534. The first kappa shape index (κ1) is 18.4. The number of rotatable bonds is 4. The Balaban J connectivity index is 1.68. The molecule has 1 spiro atoms. The number of carbonyl (C=O) groups is 1. The molecule has 0 saturated carbocycles. The Kier molecular flexibility index (Phi) is 5.21. The highest BCUT2D eigenvalue weighted by atomic mass is 16.3. The van der Waals surface area contributed by atoms with Gasteiger partial charge in [0.25, 0.3) is 5.91 Å². The van der Waals surface area contributed by atoms with Gasteiger partial charge in [-0.2, -0.15) is 0 Å². The summed E-state index contributed by atoms with van der Waals surface area (Å²) < 4.78 is 0. The largest absolute Gasteiger partial charge is 0.390 e. The van der Waals surface area contributed by atoms with Crippen molar-refractivity contribution in [2.45, 2.75) is 51.6 Å². The van der Waals surface area contributed by atoms with E-state index in [0.29, 0.717) is 11.8 Å². The molecule has 138 valence electrons. The standard InChI is InChI=1S/C21H32N2O2/c1-20(2,25)10-8-17-6-4-7-18(14-17)19(24)23-12-5-9-21(16-23)11-13-22(3)15-21/h4,6-7,14,25H,5,8-13,15-16H2,1-3H3. The number of carbonyl (C=O) groups excluding carboxylic acids is 1. The molecule has 2 aliphatic heterocycles. The van der Waals surface area contributed by atoms with E-state index in [9.17, 15) is 9.90 Å². The first-order valence-corrected chi connectivity index (χ1v) is 9.56. The topological polar surface area (TPSA) is 43.8 Å². The second-order valence-corrected chi connectivity index (χ2v) is 8.83. The molecule has 1 N–H and O–H groups in total. The van der Waals surface area contributed by atoms with Gasteiger partial charge in [-0.3, -0.25) is 4.79 Å². The van der Waals surface area contributed by atoms with Crippen LogP contribution < -0.4 is 0 Å². The number of likely N-dealkylation sites (tertiary alicyclic amines) is 2. The van der Waals surface area contributed by atoms with Gasteiger partial charge in [-0.1, -0.05) is 12.1 Å². The highest BCUT2D eigenvalue weighted by Gasteiger charge is 2.41. The summed E-state index contributed by atoms with van der Waals surface area (Å²) in [7, 11) is 2.18. The molecule has 0 bridgehead atoms. The predicted octanol–water partition coefficient (Wildman–Crippen LogP) is 2.95. The number of benzene rings is 1. The number of amides is 1. The van der Waals surface area contributed by atoms with E-state index >= 15 is 0 Å². The van der Waals surface area contributed by atoms with Crippen molar-refractivity contribution in [1.82, 2.24) is 9.80 Å². The molecule has 2 fully saturated rings. The van der Waals surface area contributed by atoms with E-state index in [-0.39, 0.29) is 5.91 Å². The van der Waals surface area contributed by atoms with Crippen molar-refractivity contribution >= 4 is 5.91 Å². The van der Waals surface area contributed by atoms with Crippen LogP contribution >= 0.6 is 0 Å². The number of hydrogen-bond donors (Lipinski definition) is 1. The van der Waals surface area contributed by atoms with Gasteiger partial charge in [0.05, 0.1) is 5.60 Å². The molecule has 2 heterocycles. The van der Waals surface area contributed by atoms with Crippen molar-refractivity contribution in [3.63, 3.8) is 0 Å². The summed E-state index contributed by atoms with van der Waals surface area (Å²) in [4.78, 5) is 17.5. The zero-order valence-electron chi connectivity index (χ0n) is 15.9. The second kappa shape index (κ2) is 7.08. The Bertz CT molecular complexity index is 619. The lowest BCUT2D eigenvalue weighted by Crippen LogP contribution is -2.47. The van der Waals surface area contributed by atoms with E-state index in [1.807, 2.05) is 38.1 Å². The Morgan fingerprint density at radius 1 is 1.24 bits per heavy atom. The van der Waals surface area contributed by atoms with Crippen molar-refractivity contribution in [1.29, 1.82) is 0 Å². The average molecular weight is 344 g/mol. The Morgan fingerprint density at radius 3 is 2.72 bits per heavy atom. The molecule has 0 radical (unpaired) electrons. The summed E-state index contributed by atoms with van der Waals surface area (Å²) in [6.07, 6.45) is 5.05.